The molecular weight excluding hydrogens is 224 g/mol. The third kappa shape index (κ3) is 1.96. The molecule has 0 saturated heterocycles. The third-order valence-corrected chi connectivity index (χ3v) is 3.12. The Hall–Kier alpha value is -1.69. The minimum absolute atomic E-state index is 0.148. The molecular formula is C10H10N4OS. The van der Waals surface area contributed by atoms with Crippen LogP contribution in [-0.2, 0) is 0 Å². The molecule has 1 saturated carbocycles. The van der Waals surface area contributed by atoms with E-state index in [4.69, 9.17) is 0 Å². The summed E-state index contributed by atoms with van der Waals surface area (Å²) in [5.41, 5.74) is 1.56. The number of nitrogens with one attached hydrogen (secondary N) is 2. The SMILES string of the molecule is O=C(Nc1ccc2snnc2c1)NC1CC1. The molecule has 1 aromatic carbocycles. The fourth-order valence-electron chi connectivity index (χ4n) is 1.44. The summed E-state index contributed by atoms with van der Waals surface area (Å²) in [4.78, 5) is 11.5. The molecule has 2 amide bonds. The van der Waals surface area contributed by atoms with E-state index in [9.17, 15) is 4.79 Å². The van der Waals surface area contributed by atoms with Crippen LogP contribution in [0.5, 0.6) is 0 Å². The van der Waals surface area contributed by atoms with Crippen molar-refractivity contribution in [1.82, 2.24) is 14.9 Å². The molecule has 1 heterocycles. The monoisotopic (exact) mass is 234 g/mol. The maximum atomic E-state index is 11.5. The molecule has 1 aromatic heterocycles. The molecule has 6 heteroatoms. The van der Waals surface area contributed by atoms with Gasteiger partial charge in [-0.15, -0.1) is 5.10 Å². The molecule has 0 radical (unpaired) electrons. The molecule has 0 aliphatic heterocycles. The number of urea groups is 1. The van der Waals surface area contributed by atoms with Crippen LogP contribution in [0.4, 0.5) is 10.5 Å². The average molecular weight is 234 g/mol. The van der Waals surface area contributed by atoms with Crippen molar-refractivity contribution in [2.75, 3.05) is 5.32 Å². The van der Waals surface area contributed by atoms with Crippen molar-refractivity contribution in [1.29, 1.82) is 0 Å². The van der Waals surface area contributed by atoms with Crippen LogP contribution in [0.2, 0.25) is 0 Å². The van der Waals surface area contributed by atoms with E-state index in [-0.39, 0.29) is 6.03 Å². The maximum Gasteiger partial charge on any atom is 0.319 e. The first-order valence-corrected chi connectivity index (χ1v) is 5.88. The smallest absolute Gasteiger partial charge is 0.319 e. The number of carbonyl (C=O) groups is 1. The van der Waals surface area contributed by atoms with Crippen LogP contribution in [0, 0.1) is 0 Å². The van der Waals surface area contributed by atoms with Gasteiger partial charge in [0.25, 0.3) is 0 Å². The number of aromatic nitrogens is 2. The average Bonchev–Trinajstić information content (AvgIpc) is 2.95. The van der Waals surface area contributed by atoms with Gasteiger partial charge in [0.1, 0.15) is 5.52 Å². The van der Waals surface area contributed by atoms with Gasteiger partial charge in [0.15, 0.2) is 0 Å². The quantitative estimate of drug-likeness (QED) is 0.834. The summed E-state index contributed by atoms with van der Waals surface area (Å²) in [6.07, 6.45) is 2.17. The molecule has 82 valence electrons. The van der Waals surface area contributed by atoms with Gasteiger partial charge in [0.2, 0.25) is 0 Å². The van der Waals surface area contributed by atoms with Crippen LogP contribution in [0.25, 0.3) is 10.2 Å². The van der Waals surface area contributed by atoms with Gasteiger partial charge in [-0.05, 0) is 42.6 Å². The van der Waals surface area contributed by atoms with Crippen molar-refractivity contribution in [2.24, 2.45) is 0 Å². The van der Waals surface area contributed by atoms with Crippen LogP contribution >= 0.6 is 11.5 Å². The highest BCUT2D eigenvalue weighted by molar-refractivity contribution is 7.12. The summed E-state index contributed by atoms with van der Waals surface area (Å²) in [5.74, 6) is 0. The molecule has 1 aliphatic carbocycles. The van der Waals surface area contributed by atoms with E-state index in [0.29, 0.717) is 6.04 Å². The lowest BCUT2D eigenvalue weighted by atomic mass is 10.3. The second-order valence-corrected chi connectivity index (χ2v) is 4.61. The fourth-order valence-corrected chi connectivity index (χ4v) is 1.98. The van der Waals surface area contributed by atoms with Crippen LogP contribution in [0.3, 0.4) is 0 Å². The van der Waals surface area contributed by atoms with Crippen molar-refractivity contribution in [2.45, 2.75) is 18.9 Å². The van der Waals surface area contributed by atoms with Crippen LogP contribution < -0.4 is 10.6 Å². The molecule has 0 atom stereocenters. The highest BCUT2D eigenvalue weighted by atomic mass is 32.1. The zero-order valence-electron chi connectivity index (χ0n) is 8.43. The maximum absolute atomic E-state index is 11.5. The molecule has 2 N–H and O–H groups in total. The molecule has 16 heavy (non-hydrogen) atoms. The van der Waals surface area contributed by atoms with Crippen molar-refractivity contribution in [3.63, 3.8) is 0 Å². The summed E-state index contributed by atoms with van der Waals surface area (Å²) in [6.45, 7) is 0. The normalized spacial score (nSPS) is 15.0. The Morgan fingerprint density at radius 1 is 1.44 bits per heavy atom. The molecule has 5 nitrogen and oxygen atoms in total. The fraction of sp³-hybridized carbons (Fsp3) is 0.300. The third-order valence-electron chi connectivity index (χ3n) is 2.42. The Labute approximate surface area is 96.0 Å². The molecule has 1 aliphatic rings. The van der Waals surface area contributed by atoms with Gasteiger partial charge in [-0.25, -0.2) is 4.79 Å². The first-order valence-electron chi connectivity index (χ1n) is 5.11. The van der Waals surface area contributed by atoms with Crippen molar-refractivity contribution in [3.8, 4) is 0 Å². The zero-order chi connectivity index (χ0) is 11.0. The van der Waals surface area contributed by atoms with Crippen LogP contribution in [0.15, 0.2) is 18.2 Å². The van der Waals surface area contributed by atoms with Gasteiger partial charge in [0, 0.05) is 11.7 Å². The number of amides is 2. The first kappa shape index (κ1) is 9.53. The van der Waals surface area contributed by atoms with Crippen molar-refractivity contribution >= 4 is 33.5 Å². The van der Waals surface area contributed by atoms with Gasteiger partial charge in [-0.1, -0.05) is 4.49 Å². The van der Waals surface area contributed by atoms with Gasteiger partial charge >= 0.3 is 6.03 Å². The van der Waals surface area contributed by atoms with E-state index < -0.39 is 0 Å². The van der Waals surface area contributed by atoms with Gasteiger partial charge in [-0.2, -0.15) is 0 Å². The second kappa shape index (κ2) is 3.71. The number of carbonyl (C=O) groups excluding carboxylic acids is 1. The van der Waals surface area contributed by atoms with E-state index in [1.807, 2.05) is 18.2 Å². The summed E-state index contributed by atoms with van der Waals surface area (Å²) in [6, 6.07) is 5.81. The predicted molar refractivity (Wildman–Crippen MR) is 62.6 cm³/mol. The van der Waals surface area contributed by atoms with Crippen LogP contribution in [-0.4, -0.2) is 21.7 Å². The molecule has 1 fully saturated rings. The number of benzene rings is 1. The molecule has 3 rings (SSSR count). The Balaban J connectivity index is 1.74. The number of hydrogen-bond donors (Lipinski definition) is 2. The summed E-state index contributed by atoms with van der Waals surface area (Å²) >= 11 is 1.35. The highest BCUT2D eigenvalue weighted by Gasteiger charge is 2.23. The van der Waals surface area contributed by atoms with E-state index in [1.165, 1.54) is 11.5 Å². The van der Waals surface area contributed by atoms with Crippen LogP contribution in [0.1, 0.15) is 12.8 Å². The number of rotatable bonds is 2. The molecule has 0 spiro atoms. The van der Waals surface area contributed by atoms with E-state index in [1.54, 1.807) is 0 Å². The lowest BCUT2D eigenvalue weighted by molar-refractivity contribution is 0.251. The first-order chi connectivity index (χ1) is 7.81. The molecule has 0 bridgehead atoms. The predicted octanol–water partition coefficient (Wildman–Crippen LogP) is 1.98. The van der Waals surface area contributed by atoms with E-state index >= 15 is 0 Å². The van der Waals surface area contributed by atoms with Gasteiger partial charge < -0.3 is 10.6 Å². The number of hydrogen-bond acceptors (Lipinski definition) is 4. The lowest BCUT2D eigenvalue weighted by Crippen LogP contribution is -2.30. The Bertz CT molecular complexity index is 534. The minimum atomic E-state index is -0.148. The molecule has 2 aromatic rings. The van der Waals surface area contributed by atoms with Gasteiger partial charge in [-0.3, -0.25) is 0 Å². The summed E-state index contributed by atoms with van der Waals surface area (Å²) < 4.78 is 4.86. The highest BCUT2D eigenvalue weighted by Crippen LogP contribution is 2.21. The topological polar surface area (TPSA) is 66.9 Å². The van der Waals surface area contributed by atoms with Gasteiger partial charge in [0.05, 0.1) is 4.70 Å². The Morgan fingerprint density at radius 2 is 2.31 bits per heavy atom. The second-order valence-electron chi connectivity index (χ2n) is 3.83. The van der Waals surface area contributed by atoms with E-state index in [2.05, 4.69) is 20.2 Å². The molecule has 0 unspecified atom stereocenters. The number of fused-ring (bicyclic) bond motifs is 1. The largest absolute Gasteiger partial charge is 0.335 e. The van der Waals surface area contributed by atoms with Crippen molar-refractivity contribution < 1.29 is 4.79 Å². The van der Waals surface area contributed by atoms with E-state index in [0.717, 1.165) is 28.7 Å². The summed E-state index contributed by atoms with van der Waals surface area (Å²) in [5, 5.41) is 9.60. The number of nitrogens with zero attached hydrogens (tertiary/aromatic N) is 2. The Kier molecular flexibility index (Phi) is 2.21. The van der Waals surface area contributed by atoms with Crippen molar-refractivity contribution in [3.05, 3.63) is 18.2 Å². The standard InChI is InChI=1S/C10H10N4OS/c15-10(11-6-1-2-6)12-7-3-4-9-8(5-7)13-14-16-9/h3-6H,1-2H2,(H2,11,12,15). The minimum Gasteiger partial charge on any atom is -0.335 e. The number of anilines is 1. The lowest BCUT2D eigenvalue weighted by Gasteiger charge is -2.05. The Morgan fingerprint density at radius 3 is 3.12 bits per heavy atom. The summed E-state index contributed by atoms with van der Waals surface area (Å²) in [7, 11) is 0. The zero-order valence-corrected chi connectivity index (χ0v) is 9.25.